The van der Waals surface area contributed by atoms with E-state index < -0.39 is 0 Å². The highest BCUT2D eigenvalue weighted by Gasteiger charge is 2.00. The van der Waals surface area contributed by atoms with Gasteiger partial charge in [-0.2, -0.15) is 0 Å². The summed E-state index contributed by atoms with van der Waals surface area (Å²) in [7, 11) is 0. The Balaban J connectivity index is 2.32. The van der Waals surface area contributed by atoms with Crippen molar-refractivity contribution in [3.8, 4) is 0 Å². The van der Waals surface area contributed by atoms with Gasteiger partial charge in [-0.3, -0.25) is 4.98 Å². The Bertz CT molecular complexity index is 221. The SMILES string of the molecule is CCCNC(C)Cc1cccnc1. The Labute approximate surface area is 80.4 Å². The van der Waals surface area contributed by atoms with E-state index in [4.69, 9.17) is 0 Å². The Morgan fingerprint density at radius 2 is 2.38 bits per heavy atom. The summed E-state index contributed by atoms with van der Waals surface area (Å²) in [6, 6.07) is 4.66. The van der Waals surface area contributed by atoms with E-state index in [0.717, 1.165) is 13.0 Å². The van der Waals surface area contributed by atoms with Gasteiger partial charge < -0.3 is 5.32 Å². The van der Waals surface area contributed by atoms with Crippen molar-refractivity contribution in [3.05, 3.63) is 30.1 Å². The number of rotatable bonds is 5. The first kappa shape index (κ1) is 10.2. The van der Waals surface area contributed by atoms with Gasteiger partial charge in [0.05, 0.1) is 0 Å². The third kappa shape index (κ3) is 4.04. The van der Waals surface area contributed by atoms with Gasteiger partial charge >= 0.3 is 0 Å². The monoisotopic (exact) mass is 178 g/mol. The van der Waals surface area contributed by atoms with Gasteiger partial charge in [-0.1, -0.05) is 13.0 Å². The van der Waals surface area contributed by atoms with E-state index in [1.165, 1.54) is 12.0 Å². The minimum Gasteiger partial charge on any atom is -0.314 e. The third-order valence-electron chi connectivity index (χ3n) is 2.01. The Morgan fingerprint density at radius 3 is 3.00 bits per heavy atom. The molecule has 0 fully saturated rings. The molecule has 0 aliphatic heterocycles. The van der Waals surface area contributed by atoms with Crippen molar-refractivity contribution >= 4 is 0 Å². The molecular weight excluding hydrogens is 160 g/mol. The van der Waals surface area contributed by atoms with Crippen LogP contribution in [0.5, 0.6) is 0 Å². The van der Waals surface area contributed by atoms with Gasteiger partial charge in [0.2, 0.25) is 0 Å². The normalized spacial score (nSPS) is 12.8. The molecule has 0 saturated heterocycles. The molecule has 0 spiro atoms. The summed E-state index contributed by atoms with van der Waals surface area (Å²) >= 11 is 0. The first-order chi connectivity index (χ1) is 6.33. The van der Waals surface area contributed by atoms with Crippen molar-refractivity contribution in [3.63, 3.8) is 0 Å². The molecule has 72 valence electrons. The number of hydrogen-bond acceptors (Lipinski definition) is 2. The molecule has 2 nitrogen and oxygen atoms in total. The van der Waals surface area contributed by atoms with Crippen LogP contribution in [0.1, 0.15) is 25.8 Å². The second kappa shape index (κ2) is 5.70. The smallest absolute Gasteiger partial charge is 0.0300 e. The van der Waals surface area contributed by atoms with E-state index in [0.29, 0.717) is 6.04 Å². The largest absolute Gasteiger partial charge is 0.314 e. The van der Waals surface area contributed by atoms with Crippen molar-refractivity contribution in [1.82, 2.24) is 10.3 Å². The molecule has 0 aromatic carbocycles. The number of nitrogens with one attached hydrogen (secondary N) is 1. The van der Waals surface area contributed by atoms with Crippen LogP contribution in [0, 0.1) is 0 Å². The van der Waals surface area contributed by atoms with Crippen molar-refractivity contribution in [1.29, 1.82) is 0 Å². The highest BCUT2D eigenvalue weighted by atomic mass is 14.9. The topological polar surface area (TPSA) is 24.9 Å². The lowest BCUT2D eigenvalue weighted by molar-refractivity contribution is 0.543. The zero-order chi connectivity index (χ0) is 9.52. The number of nitrogens with zero attached hydrogens (tertiary/aromatic N) is 1. The van der Waals surface area contributed by atoms with Crippen LogP contribution in [0.3, 0.4) is 0 Å². The molecule has 1 heterocycles. The second-order valence-corrected chi connectivity index (χ2v) is 3.42. The summed E-state index contributed by atoms with van der Waals surface area (Å²) in [6.07, 6.45) is 6.00. The summed E-state index contributed by atoms with van der Waals surface area (Å²) in [5, 5.41) is 3.45. The molecule has 2 heteroatoms. The lowest BCUT2D eigenvalue weighted by Gasteiger charge is -2.12. The van der Waals surface area contributed by atoms with Gasteiger partial charge in [0.25, 0.3) is 0 Å². The van der Waals surface area contributed by atoms with Crippen molar-refractivity contribution < 1.29 is 0 Å². The fourth-order valence-electron chi connectivity index (χ4n) is 1.34. The number of hydrogen-bond donors (Lipinski definition) is 1. The Hall–Kier alpha value is -0.890. The molecule has 0 saturated carbocycles. The van der Waals surface area contributed by atoms with Crippen molar-refractivity contribution in [2.45, 2.75) is 32.7 Å². The van der Waals surface area contributed by atoms with E-state index in [-0.39, 0.29) is 0 Å². The first-order valence-corrected chi connectivity index (χ1v) is 4.95. The average Bonchev–Trinajstić information content (AvgIpc) is 2.16. The average molecular weight is 178 g/mol. The van der Waals surface area contributed by atoms with Crippen LogP contribution in [0.2, 0.25) is 0 Å². The molecule has 0 aliphatic carbocycles. The molecule has 1 N–H and O–H groups in total. The standard InChI is InChI=1S/C11H18N2/c1-3-6-13-10(2)8-11-5-4-7-12-9-11/h4-5,7,9-10,13H,3,6,8H2,1-2H3. The summed E-state index contributed by atoms with van der Waals surface area (Å²) in [6.45, 7) is 5.49. The highest BCUT2D eigenvalue weighted by molar-refractivity contribution is 5.09. The lowest BCUT2D eigenvalue weighted by Crippen LogP contribution is -2.28. The van der Waals surface area contributed by atoms with E-state index in [2.05, 4.69) is 30.2 Å². The van der Waals surface area contributed by atoms with Crippen LogP contribution in [-0.4, -0.2) is 17.6 Å². The van der Waals surface area contributed by atoms with Crippen LogP contribution in [0.4, 0.5) is 0 Å². The van der Waals surface area contributed by atoms with Gasteiger partial charge in [0.15, 0.2) is 0 Å². The second-order valence-electron chi connectivity index (χ2n) is 3.42. The summed E-state index contributed by atoms with van der Waals surface area (Å²) in [5.41, 5.74) is 1.30. The molecule has 1 aromatic rings. The maximum Gasteiger partial charge on any atom is 0.0300 e. The molecule has 0 aliphatic rings. The molecule has 13 heavy (non-hydrogen) atoms. The fourth-order valence-corrected chi connectivity index (χ4v) is 1.34. The highest BCUT2D eigenvalue weighted by Crippen LogP contribution is 2.00. The first-order valence-electron chi connectivity index (χ1n) is 4.95. The van der Waals surface area contributed by atoms with Gasteiger partial charge in [-0.15, -0.1) is 0 Å². The fraction of sp³-hybridized carbons (Fsp3) is 0.545. The van der Waals surface area contributed by atoms with E-state index >= 15 is 0 Å². The Morgan fingerprint density at radius 1 is 1.54 bits per heavy atom. The molecule has 0 bridgehead atoms. The van der Waals surface area contributed by atoms with Crippen LogP contribution in [0.25, 0.3) is 0 Å². The molecule has 1 aromatic heterocycles. The van der Waals surface area contributed by atoms with Crippen LogP contribution in [-0.2, 0) is 6.42 Å². The molecule has 1 rings (SSSR count). The quantitative estimate of drug-likeness (QED) is 0.746. The van der Waals surface area contributed by atoms with Gasteiger partial charge in [0, 0.05) is 18.4 Å². The van der Waals surface area contributed by atoms with Crippen LogP contribution < -0.4 is 5.32 Å². The van der Waals surface area contributed by atoms with Gasteiger partial charge in [-0.25, -0.2) is 0 Å². The molecule has 1 unspecified atom stereocenters. The lowest BCUT2D eigenvalue weighted by atomic mass is 10.1. The zero-order valence-electron chi connectivity index (χ0n) is 8.46. The molecule has 0 amide bonds. The van der Waals surface area contributed by atoms with E-state index in [1.807, 2.05) is 18.5 Å². The Kier molecular flexibility index (Phi) is 4.47. The van der Waals surface area contributed by atoms with Gasteiger partial charge in [0.1, 0.15) is 0 Å². The number of aromatic nitrogens is 1. The zero-order valence-corrected chi connectivity index (χ0v) is 8.46. The molecule has 0 radical (unpaired) electrons. The minimum absolute atomic E-state index is 0.546. The minimum atomic E-state index is 0.546. The van der Waals surface area contributed by atoms with Crippen molar-refractivity contribution in [2.75, 3.05) is 6.54 Å². The summed E-state index contributed by atoms with van der Waals surface area (Å²) in [4.78, 5) is 4.09. The third-order valence-corrected chi connectivity index (χ3v) is 2.01. The molecule has 1 atom stereocenters. The summed E-state index contributed by atoms with van der Waals surface area (Å²) in [5.74, 6) is 0. The number of pyridine rings is 1. The van der Waals surface area contributed by atoms with Crippen molar-refractivity contribution in [2.24, 2.45) is 0 Å². The maximum absolute atomic E-state index is 4.09. The molecular formula is C11H18N2. The predicted octanol–water partition coefficient (Wildman–Crippen LogP) is 2.01. The van der Waals surface area contributed by atoms with E-state index in [1.54, 1.807) is 0 Å². The maximum atomic E-state index is 4.09. The predicted molar refractivity (Wildman–Crippen MR) is 55.7 cm³/mol. The van der Waals surface area contributed by atoms with Gasteiger partial charge in [-0.05, 0) is 37.9 Å². The summed E-state index contributed by atoms with van der Waals surface area (Å²) < 4.78 is 0. The van der Waals surface area contributed by atoms with E-state index in [9.17, 15) is 0 Å². The van der Waals surface area contributed by atoms with Crippen LogP contribution >= 0.6 is 0 Å². The van der Waals surface area contributed by atoms with Crippen LogP contribution in [0.15, 0.2) is 24.5 Å².